The van der Waals surface area contributed by atoms with Crippen LogP contribution in [0.1, 0.15) is 45.4 Å². The Morgan fingerprint density at radius 3 is 3.00 bits per heavy atom. The zero-order valence-corrected chi connectivity index (χ0v) is 10.1. The number of ketones is 1. The lowest BCUT2D eigenvalue weighted by molar-refractivity contribution is -0.131. The molecule has 16 heavy (non-hydrogen) atoms. The zero-order valence-electron chi connectivity index (χ0n) is 10.1. The monoisotopic (exact) mass is 222 g/mol. The van der Waals surface area contributed by atoms with Crippen molar-refractivity contribution in [2.45, 2.75) is 51.6 Å². The standard InChI is InChI=1S/C14H22O2/c1-2-3-4-5-12(15)14-11-7-6-10(8-11)9-13(14)16/h6-7,10-12,14-15H,2-5,8-9H2,1H3/t10-,11+,12-,14-/m1/s1. The van der Waals surface area contributed by atoms with Crippen LogP contribution in [0.25, 0.3) is 0 Å². The summed E-state index contributed by atoms with van der Waals surface area (Å²) in [7, 11) is 0. The number of unbranched alkanes of at least 4 members (excludes halogenated alkanes) is 2. The highest BCUT2D eigenvalue weighted by Gasteiger charge is 2.41. The lowest BCUT2D eigenvalue weighted by atomic mass is 9.74. The molecule has 2 heteroatoms. The van der Waals surface area contributed by atoms with Crippen LogP contribution in [-0.2, 0) is 4.79 Å². The van der Waals surface area contributed by atoms with E-state index in [9.17, 15) is 9.90 Å². The molecule has 0 aromatic rings. The summed E-state index contributed by atoms with van der Waals surface area (Å²) in [6, 6.07) is 0. The first-order valence-electron chi connectivity index (χ1n) is 6.61. The van der Waals surface area contributed by atoms with Gasteiger partial charge < -0.3 is 5.11 Å². The highest BCUT2D eigenvalue weighted by Crippen LogP contribution is 2.40. The van der Waals surface area contributed by atoms with Crippen LogP contribution in [0.3, 0.4) is 0 Å². The minimum absolute atomic E-state index is 0.105. The van der Waals surface area contributed by atoms with Crippen LogP contribution in [0.2, 0.25) is 0 Å². The van der Waals surface area contributed by atoms with E-state index < -0.39 is 6.10 Å². The Bertz CT molecular complexity index is 282. The molecule has 0 radical (unpaired) electrons. The Kier molecular flexibility index (Phi) is 3.80. The average Bonchev–Trinajstić information content (AvgIpc) is 2.61. The Morgan fingerprint density at radius 1 is 1.44 bits per heavy atom. The third-order valence-electron chi connectivity index (χ3n) is 4.02. The van der Waals surface area contributed by atoms with Gasteiger partial charge in [-0.25, -0.2) is 0 Å². The third kappa shape index (κ3) is 2.37. The highest BCUT2D eigenvalue weighted by atomic mass is 16.3. The highest BCUT2D eigenvalue weighted by molar-refractivity contribution is 5.84. The van der Waals surface area contributed by atoms with Crippen molar-refractivity contribution >= 4 is 5.78 Å². The van der Waals surface area contributed by atoms with Crippen molar-refractivity contribution in [2.24, 2.45) is 17.8 Å². The molecule has 0 saturated heterocycles. The topological polar surface area (TPSA) is 37.3 Å². The van der Waals surface area contributed by atoms with Gasteiger partial charge in [-0.15, -0.1) is 0 Å². The number of hydrogen-bond acceptors (Lipinski definition) is 2. The summed E-state index contributed by atoms with van der Waals surface area (Å²) in [6.07, 6.45) is 9.81. The van der Waals surface area contributed by atoms with E-state index in [1.54, 1.807) is 0 Å². The van der Waals surface area contributed by atoms with Gasteiger partial charge in [-0.2, -0.15) is 0 Å². The summed E-state index contributed by atoms with van der Waals surface area (Å²) in [6.45, 7) is 2.16. The first-order chi connectivity index (χ1) is 7.72. The van der Waals surface area contributed by atoms with Crippen LogP contribution < -0.4 is 0 Å². The molecule has 0 aromatic carbocycles. The number of allylic oxidation sites excluding steroid dienone is 2. The van der Waals surface area contributed by atoms with Gasteiger partial charge in [0.1, 0.15) is 5.78 Å². The zero-order chi connectivity index (χ0) is 11.5. The molecular formula is C14H22O2. The fourth-order valence-electron chi connectivity index (χ4n) is 3.14. The first-order valence-corrected chi connectivity index (χ1v) is 6.61. The molecule has 1 saturated carbocycles. The Labute approximate surface area is 97.7 Å². The molecule has 90 valence electrons. The number of Topliss-reactive ketones (excluding diaryl/α,β-unsaturated/α-hetero) is 1. The van der Waals surface area contributed by atoms with E-state index in [0.717, 1.165) is 32.1 Å². The molecule has 0 unspecified atom stereocenters. The SMILES string of the molecule is CCCCC[C@@H](O)[C@@H]1C(=O)C[C@@H]2C=C[C@H]1C2. The van der Waals surface area contributed by atoms with Crippen LogP contribution in [-0.4, -0.2) is 17.0 Å². The molecule has 0 heterocycles. The lowest BCUT2D eigenvalue weighted by Crippen LogP contribution is -2.37. The van der Waals surface area contributed by atoms with Gasteiger partial charge in [0.2, 0.25) is 0 Å². The Balaban J connectivity index is 1.91. The molecule has 4 atom stereocenters. The summed E-state index contributed by atoms with van der Waals surface area (Å²) in [5.41, 5.74) is 0. The van der Waals surface area contributed by atoms with E-state index in [1.165, 1.54) is 0 Å². The molecule has 2 rings (SSSR count). The van der Waals surface area contributed by atoms with E-state index in [2.05, 4.69) is 19.1 Å². The predicted octanol–water partition coefficient (Wildman–Crippen LogP) is 2.71. The number of fused-ring (bicyclic) bond motifs is 2. The van der Waals surface area contributed by atoms with Gasteiger partial charge in [0.05, 0.1) is 6.10 Å². The van der Waals surface area contributed by atoms with Gasteiger partial charge in [0.25, 0.3) is 0 Å². The number of aliphatic hydroxyl groups is 1. The average molecular weight is 222 g/mol. The van der Waals surface area contributed by atoms with Crippen LogP contribution in [0, 0.1) is 17.8 Å². The molecule has 0 spiro atoms. The maximum absolute atomic E-state index is 11.9. The smallest absolute Gasteiger partial charge is 0.139 e. The van der Waals surface area contributed by atoms with Crippen LogP contribution >= 0.6 is 0 Å². The van der Waals surface area contributed by atoms with Crippen LogP contribution in [0.15, 0.2) is 12.2 Å². The molecule has 1 N–H and O–H groups in total. The van der Waals surface area contributed by atoms with E-state index in [-0.39, 0.29) is 11.7 Å². The predicted molar refractivity (Wildman–Crippen MR) is 64.0 cm³/mol. The molecule has 2 nitrogen and oxygen atoms in total. The molecule has 1 fully saturated rings. The molecule has 2 aliphatic rings. The molecular weight excluding hydrogens is 200 g/mol. The van der Waals surface area contributed by atoms with Gasteiger partial charge in [-0.1, -0.05) is 38.3 Å². The quantitative estimate of drug-likeness (QED) is 0.573. The van der Waals surface area contributed by atoms with Crippen molar-refractivity contribution in [3.05, 3.63) is 12.2 Å². The Morgan fingerprint density at radius 2 is 2.25 bits per heavy atom. The summed E-state index contributed by atoms with van der Waals surface area (Å²) < 4.78 is 0. The maximum atomic E-state index is 11.9. The maximum Gasteiger partial charge on any atom is 0.139 e. The number of carbonyl (C=O) groups excluding carboxylic acids is 1. The van der Waals surface area contributed by atoms with Crippen molar-refractivity contribution < 1.29 is 9.90 Å². The first kappa shape index (κ1) is 11.8. The number of carbonyl (C=O) groups is 1. The summed E-state index contributed by atoms with van der Waals surface area (Å²) in [4.78, 5) is 11.9. The normalized spacial score (nSPS) is 34.4. The van der Waals surface area contributed by atoms with Crippen molar-refractivity contribution in [3.8, 4) is 0 Å². The Hall–Kier alpha value is -0.630. The minimum atomic E-state index is -0.409. The van der Waals surface area contributed by atoms with Gasteiger partial charge in [0, 0.05) is 12.3 Å². The number of rotatable bonds is 5. The largest absolute Gasteiger partial charge is 0.392 e. The molecule has 0 amide bonds. The fraction of sp³-hybridized carbons (Fsp3) is 0.786. The van der Waals surface area contributed by atoms with E-state index >= 15 is 0 Å². The van der Waals surface area contributed by atoms with Crippen LogP contribution in [0.4, 0.5) is 0 Å². The fourth-order valence-corrected chi connectivity index (χ4v) is 3.14. The summed E-state index contributed by atoms with van der Waals surface area (Å²) in [5.74, 6) is 0.974. The van der Waals surface area contributed by atoms with Gasteiger partial charge in [-0.3, -0.25) is 4.79 Å². The second-order valence-corrected chi connectivity index (χ2v) is 5.30. The molecule has 0 aliphatic heterocycles. The van der Waals surface area contributed by atoms with Crippen molar-refractivity contribution in [1.29, 1.82) is 0 Å². The van der Waals surface area contributed by atoms with Crippen molar-refractivity contribution in [3.63, 3.8) is 0 Å². The number of hydrogen-bond donors (Lipinski definition) is 1. The van der Waals surface area contributed by atoms with E-state index in [0.29, 0.717) is 18.3 Å². The lowest BCUT2D eigenvalue weighted by Gasteiger charge is -2.31. The van der Waals surface area contributed by atoms with Crippen molar-refractivity contribution in [1.82, 2.24) is 0 Å². The van der Waals surface area contributed by atoms with Gasteiger partial charge in [0.15, 0.2) is 0 Å². The van der Waals surface area contributed by atoms with Gasteiger partial charge >= 0.3 is 0 Å². The minimum Gasteiger partial charge on any atom is -0.392 e. The molecule has 2 aliphatic carbocycles. The van der Waals surface area contributed by atoms with Crippen molar-refractivity contribution in [2.75, 3.05) is 0 Å². The number of aliphatic hydroxyl groups excluding tert-OH is 1. The van der Waals surface area contributed by atoms with Crippen LogP contribution in [0.5, 0.6) is 0 Å². The van der Waals surface area contributed by atoms with E-state index in [1.807, 2.05) is 0 Å². The summed E-state index contributed by atoms with van der Waals surface area (Å²) >= 11 is 0. The molecule has 0 aromatic heterocycles. The summed E-state index contributed by atoms with van der Waals surface area (Å²) in [5, 5.41) is 10.1. The second kappa shape index (κ2) is 5.13. The second-order valence-electron chi connectivity index (χ2n) is 5.30. The molecule has 2 bridgehead atoms. The van der Waals surface area contributed by atoms with Gasteiger partial charge in [-0.05, 0) is 24.7 Å². The van der Waals surface area contributed by atoms with E-state index in [4.69, 9.17) is 0 Å². The third-order valence-corrected chi connectivity index (χ3v) is 4.02.